The topological polar surface area (TPSA) is 83.8 Å². The standard InChI is InChI=1S/C25H28N8S2/c1-18(20-9-5-3-6-10-20)28-24(34)30-22-13-26-32(15-22)17-33-16-23(14-27-33)31-25(35)29-19(2)21-11-7-4-8-12-21/h3-16,18-19H,17H2,1-2H3,(H2,28,30,34)(H2,29,31,35)/t18-,19-/m1/s1. The maximum Gasteiger partial charge on any atom is 0.171 e. The minimum Gasteiger partial charge on any atom is -0.356 e. The first-order valence-electron chi connectivity index (χ1n) is 11.3. The zero-order valence-electron chi connectivity index (χ0n) is 19.6. The van der Waals surface area contributed by atoms with Crippen molar-refractivity contribution in [1.29, 1.82) is 0 Å². The minimum atomic E-state index is 0.0949. The maximum absolute atomic E-state index is 5.45. The van der Waals surface area contributed by atoms with Gasteiger partial charge in [0.1, 0.15) is 6.67 Å². The molecule has 0 unspecified atom stereocenters. The number of benzene rings is 2. The van der Waals surface area contributed by atoms with E-state index in [4.69, 9.17) is 24.4 Å². The molecule has 0 fully saturated rings. The second-order valence-electron chi connectivity index (χ2n) is 8.14. The molecule has 4 aromatic rings. The van der Waals surface area contributed by atoms with Gasteiger partial charge >= 0.3 is 0 Å². The molecule has 180 valence electrons. The van der Waals surface area contributed by atoms with Crippen molar-refractivity contribution in [2.45, 2.75) is 32.6 Å². The Bertz CT molecular complexity index is 1150. The van der Waals surface area contributed by atoms with Crippen molar-refractivity contribution in [3.63, 3.8) is 0 Å². The monoisotopic (exact) mass is 504 g/mol. The number of nitrogens with one attached hydrogen (secondary N) is 4. The van der Waals surface area contributed by atoms with E-state index in [0.717, 1.165) is 11.4 Å². The van der Waals surface area contributed by atoms with Crippen molar-refractivity contribution in [2.24, 2.45) is 0 Å². The summed E-state index contributed by atoms with van der Waals surface area (Å²) in [6.07, 6.45) is 7.22. The molecule has 2 aromatic carbocycles. The lowest BCUT2D eigenvalue weighted by molar-refractivity contribution is 0.503. The van der Waals surface area contributed by atoms with Gasteiger partial charge in [0.15, 0.2) is 10.2 Å². The molecule has 2 atom stereocenters. The van der Waals surface area contributed by atoms with Crippen LogP contribution >= 0.6 is 24.4 Å². The molecule has 0 saturated heterocycles. The Labute approximate surface area is 215 Å². The fraction of sp³-hybridized carbons (Fsp3) is 0.200. The van der Waals surface area contributed by atoms with E-state index in [1.165, 1.54) is 11.1 Å². The highest BCUT2D eigenvalue weighted by atomic mass is 32.1. The summed E-state index contributed by atoms with van der Waals surface area (Å²) in [5.41, 5.74) is 3.93. The van der Waals surface area contributed by atoms with Crippen LogP contribution in [-0.2, 0) is 6.67 Å². The lowest BCUT2D eigenvalue weighted by Gasteiger charge is -2.16. The van der Waals surface area contributed by atoms with Gasteiger partial charge < -0.3 is 21.3 Å². The molecule has 0 aliphatic carbocycles. The third kappa shape index (κ3) is 7.11. The molecular formula is C25H28N8S2. The normalized spacial score (nSPS) is 12.4. The Balaban J connectivity index is 1.25. The Morgan fingerprint density at radius 3 is 1.51 bits per heavy atom. The fourth-order valence-electron chi connectivity index (χ4n) is 3.54. The van der Waals surface area contributed by atoms with Gasteiger partial charge in [-0.3, -0.25) is 0 Å². The number of aromatic nitrogens is 4. The van der Waals surface area contributed by atoms with E-state index in [-0.39, 0.29) is 12.1 Å². The van der Waals surface area contributed by atoms with Gasteiger partial charge in [0.25, 0.3) is 0 Å². The summed E-state index contributed by atoms with van der Waals surface area (Å²) in [6.45, 7) is 4.59. The first kappa shape index (κ1) is 24.4. The third-order valence-electron chi connectivity index (χ3n) is 5.37. The van der Waals surface area contributed by atoms with E-state index in [9.17, 15) is 0 Å². The van der Waals surface area contributed by atoms with Crippen LogP contribution in [0.3, 0.4) is 0 Å². The third-order valence-corrected chi connectivity index (χ3v) is 5.81. The van der Waals surface area contributed by atoms with Gasteiger partial charge in [-0.2, -0.15) is 10.2 Å². The summed E-state index contributed by atoms with van der Waals surface area (Å²) in [7, 11) is 0. The molecule has 4 N–H and O–H groups in total. The molecule has 0 aliphatic rings. The number of hydrogen-bond donors (Lipinski definition) is 4. The van der Waals surface area contributed by atoms with Crippen LogP contribution in [0.1, 0.15) is 37.1 Å². The Morgan fingerprint density at radius 1 is 0.714 bits per heavy atom. The van der Waals surface area contributed by atoms with Gasteiger partial charge in [-0.1, -0.05) is 60.7 Å². The maximum atomic E-state index is 5.45. The summed E-state index contributed by atoms with van der Waals surface area (Å²) in [6, 6.07) is 20.5. The molecule has 0 amide bonds. The molecule has 0 bridgehead atoms. The Hall–Kier alpha value is -3.76. The zero-order valence-corrected chi connectivity index (χ0v) is 21.2. The number of hydrogen-bond acceptors (Lipinski definition) is 4. The lowest BCUT2D eigenvalue weighted by atomic mass is 10.1. The van der Waals surface area contributed by atoms with Crippen molar-refractivity contribution in [3.05, 3.63) is 96.6 Å². The van der Waals surface area contributed by atoms with Crippen molar-refractivity contribution in [2.75, 3.05) is 10.6 Å². The van der Waals surface area contributed by atoms with Crippen LogP contribution < -0.4 is 21.3 Å². The summed E-state index contributed by atoms with van der Waals surface area (Å²) in [5.74, 6) is 0. The predicted octanol–water partition coefficient (Wildman–Crippen LogP) is 4.68. The summed E-state index contributed by atoms with van der Waals surface area (Å²) in [5, 5.41) is 22.8. The zero-order chi connectivity index (χ0) is 24.6. The van der Waals surface area contributed by atoms with E-state index >= 15 is 0 Å². The van der Waals surface area contributed by atoms with E-state index in [1.807, 2.05) is 48.8 Å². The summed E-state index contributed by atoms with van der Waals surface area (Å²) >= 11 is 10.9. The van der Waals surface area contributed by atoms with Crippen LogP contribution in [0.15, 0.2) is 85.5 Å². The van der Waals surface area contributed by atoms with Gasteiger partial charge in [-0.15, -0.1) is 0 Å². The molecule has 0 saturated carbocycles. The van der Waals surface area contributed by atoms with Crippen LogP contribution in [0, 0.1) is 0 Å². The second-order valence-corrected chi connectivity index (χ2v) is 8.96. The van der Waals surface area contributed by atoms with E-state index < -0.39 is 0 Å². The van der Waals surface area contributed by atoms with E-state index in [2.05, 4.69) is 69.6 Å². The predicted molar refractivity (Wildman–Crippen MR) is 148 cm³/mol. The first-order valence-corrected chi connectivity index (χ1v) is 12.1. The number of rotatable bonds is 8. The SMILES string of the molecule is C[C@@H](NC(=S)Nc1cnn(Cn2cc(NC(=S)N[C@H](C)c3ccccc3)cn2)c1)c1ccccc1. The van der Waals surface area contributed by atoms with E-state index in [1.54, 1.807) is 21.8 Å². The molecule has 10 heteroatoms. The number of anilines is 2. The van der Waals surface area contributed by atoms with E-state index in [0.29, 0.717) is 16.9 Å². The van der Waals surface area contributed by atoms with Gasteiger partial charge in [0, 0.05) is 0 Å². The van der Waals surface area contributed by atoms with Crippen LogP contribution in [-0.4, -0.2) is 29.8 Å². The minimum absolute atomic E-state index is 0.0949. The van der Waals surface area contributed by atoms with Crippen molar-refractivity contribution in [1.82, 2.24) is 30.2 Å². The van der Waals surface area contributed by atoms with Crippen LogP contribution in [0.4, 0.5) is 11.4 Å². The van der Waals surface area contributed by atoms with Crippen molar-refractivity contribution < 1.29 is 0 Å². The Kier molecular flexibility index (Phi) is 8.07. The first-order chi connectivity index (χ1) is 17.0. The largest absolute Gasteiger partial charge is 0.356 e. The fourth-order valence-corrected chi connectivity index (χ4v) is 4.13. The quantitative estimate of drug-likeness (QED) is 0.258. The molecule has 0 radical (unpaired) electrons. The molecule has 0 aliphatic heterocycles. The molecule has 0 spiro atoms. The molecular weight excluding hydrogens is 476 g/mol. The van der Waals surface area contributed by atoms with Gasteiger partial charge in [0.05, 0.1) is 48.2 Å². The Morgan fingerprint density at radius 2 is 1.11 bits per heavy atom. The van der Waals surface area contributed by atoms with Gasteiger partial charge in [0.2, 0.25) is 0 Å². The van der Waals surface area contributed by atoms with Crippen LogP contribution in [0.5, 0.6) is 0 Å². The average molecular weight is 505 g/mol. The van der Waals surface area contributed by atoms with Crippen molar-refractivity contribution in [3.8, 4) is 0 Å². The molecule has 2 aromatic heterocycles. The molecule has 8 nitrogen and oxygen atoms in total. The number of thiocarbonyl (C=S) groups is 2. The highest BCUT2D eigenvalue weighted by Crippen LogP contribution is 2.14. The average Bonchev–Trinajstić information content (AvgIpc) is 3.49. The highest BCUT2D eigenvalue weighted by Gasteiger charge is 2.09. The van der Waals surface area contributed by atoms with Gasteiger partial charge in [-0.05, 0) is 49.4 Å². The van der Waals surface area contributed by atoms with Crippen molar-refractivity contribution >= 4 is 46.0 Å². The van der Waals surface area contributed by atoms with Crippen LogP contribution in [0.25, 0.3) is 0 Å². The van der Waals surface area contributed by atoms with Gasteiger partial charge in [-0.25, -0.2) is 9.36 Å². The number of nitrogens with zero attached hydrogens (tertiary/aromatic N) is 4. The smallest absolute Gasteiger partial charge is 0.171 e. The summed E-state index contributed by atoms with van der Waals surface area (Å²) < 4.78 is 3.55. The highest BCUT2D eigenvalue weighted by molar-refractivity contribution is 7.80. The second kappa shape index (κ2) is 11.6. The molecule has 2 heterocycles. The summed E-state index contributed by atoms with van der Waals surface area (Å²) in [4.78, 5) is 0. The molecule has 35 heavy (non-hydrogen) atoms. The lowest BCUT2D eigenvalue weighted by Crippen LogP contribution is -2.30. The molecule has 4 rings (SSSR count). The van der Waals surface area contributed by atoms with Crippen LogP contribution in [0.2, 0.25) is 0 Å².